The molecule has 1 aliphatic heterocycles. The van der Waals surface area contributed by atoms with Crippen molar-refractivity contribution >= 4 is 12.6 Å². The molecule has 1 saturated heterocycles. The summed E-state index contributed by atoms with van der Waals surface area (Å²) in [7, 11) is -0.404. The Kier molecular flexibility index (Phi) is 5.24. The van der Waals surface area contributed by atoms with Crippen LogP contribution in [0.3, 0.4) is 0 Å². The Labute approximate surface area is 172 Å². The van der Waals surface area contributed by atoms with Crippen LogP contribution in [0.25, 0.3) is 0 Å². The van der Waals surface area contributed by atoms with E-state index in [1.54, 1.807) is 0 Å². The Morgan fingerprint density at radius 3 is 2.31 bits per heavy atom. The molecule has 150 valence electrons. The lowest BCUT2D eigenvalue weighted by molar-refractivity contribution is 0.00578. The summed E-state index contributed by atoms with van der Waals surface area (Å²) in [5.74, 6) is 0.865. The minimum Gasteiger partial charge on any atom is -0.489 e. The molecule has 0 N–H and O–H groups in total. The Hall–Kier alpha value is -2.57. The second-order valence-corrected chi connectivity index (χ2v) is 8.44. The molecule has 2 heterocycles. The van der Waals surface area contributed by atoms with Crippen molar-refractivity contribution in [3.05, 3.63) is 78.1 Å². The third-order valence-corrected chi connectivity index (χ3v) is 5.72. The fourth-order valence-electron chi connectivity index (χ4n) is 3.25. The number of ether oxygens (including phenoxy) is 1. The number of nitrogens with zero attached hydrogens (tertiary/aromatic N) is 2. The van der Waals surface area contributed by atoms with Gasteiger partial charge in [-0.05, 0) is 39.3 Å². The van der Waals surface area contributed by atoms with E-state index in [0.29, 0.717) is 13.2 Å². The van der Waals surface area contributed by atoms with Gasteiger partial charge in [-0.1, -0.05) is 48.5 Å². The third kappa shape index (κ3) is 4.23. The molecule has 4 rings (SSSR count). The predicted molar refractivity (Wildman–Crippen MR) is 114 cm³/mol. The standard InChI is InChI=1S/C23H27BN2O3/c1-22(2)23(3,4)29-24(28-22)20-14-25-26(16-20)15-19-12-8-9-13-21(19)27-17-18-10-6-5-7-11-18/h5-14,16H,15,17H2,1-4H3. The van der Waals surface area contributed by atoms with E-state index in [9.17, 15) is 0 Å². The highest BCUT2D eigenvalue weighted by Gasteiger charge is 2.52. The minimum absolute atomic E-state index is 0.363. The van der Waals surface area contributed by atoms with Gasteiger partial charge in [0.2, 0.25) is 0 Å². The molecule has 0 atom stereocenters. The maximum Gasteiger partial charge on any atom is 0.498 e. The highest BCUT2D eigenvalue weighted by Crippen LogP contribution is 2.36. The van der Waals surface area contributed by atoms with Crippen LogP contribution >= 0.6 is 0 Å². The molecular formula is C23H27BN2O3. The van der Waals surface area contributed by atoms with E-state index < -0.39 is 7.12 Å². The lowest BCUT2D eigenvalue weighted by Crippen LogP contribution is -2.41. The van der Waals surface area contributed by atoms with Crippen LogP contribution < -0.4 is 10.2 Å². The zero-order valence-electron chi connectivity index (χ0n) is 17.5. The molecule has 5 nitrogen and oxygen atoms in total. The molecule has 0 radical (unpaired) electrons. The summed E-state index contributed by atoms with van der Waals surface area (Å²) in [5.41, 5.74) is 2.41. The molecule has 0 amide bonds. The van der Waals surface area contributed by atoms with E-state index in [1.807, 2.05) is 53.5 Å². The highest BCUT2D eigenvalue weighted by atomic mass is 16.7. The van der Waals surface area contributed by atoms with Crippen LogP contribution in [0.4, 0.5) is 0 Å². The van der Waals surface area contributed by atoms with Gasteiger partial charge >= 0.3 is 7.12 Å². The first-order chi connectivity index (χ1) is 13.8. The van der Waals surface area contributed by atoms with Crippen molar-refractivity contribution in [3.63, 3.8) is 0 Å². The van der Waals surface area contributed by atoms with Crippen LogP contribution in [0.1, 0.15) is 38.8 Å². The SMILES string of the molecule is CC1(C)OB(c2cnn(Cc3ccccc3OCc3ccccc3)c2)OC1(C)C. The Morgan fingerprint density at radius 1 is 0.931 bits per heavy atom. The molecule has 2 aromatic carbocycles. The van der Waals surface area contributed by atoms with Crippen molar-refractivity contribution in [1.82, 2.24) is 9.78 Å². The van der Waals surface area contributed by atoms with Crippen molar-refractivity contribution < 1.29 is 14.0 Å². The molecular weight excluding hydrogens is 363 g/mol. The summed E-state index contributed by atoms with van der Waals surface area (Å²) < 4.78 is 20.2. The highest BCUT2D eigenvalue weighted by molar-refractivity contribution is 6.62. The number of rotatable bonds is 6. The number of para-hydroxylation sites is 1. The van der Waals surface area contributed by atoms with Crippen LogP contribution in [0.2, 0.25) is 0 Å². The van der Waals surface area contributed by atoms with Gasteiger partial charge in [0.25, 0.3) is 0 Å². The lowest BCUT2D eigenvalue weighted by Gasteiger charge is -2.32. The largest absolute Gasteiger partial charge is 0.498 e. The molecule has 0 spiro atoms. The third-order valence-electron chi connectivity index (χ3n) is 5.72. The van der Waals surface area contributed by atoms with E-state index in [4.69, 9.17) is 14.0 Å². The van der Waals surface area contributed by atoms with Crippen molar-refractivity contribution in [1.29, 1.82) is 0 Å². The zero-order chi connectivity index (χ0) is 20.5. The average molecular weight is 390 g/mol. The number of benzene rings is 2. The van der Waals surface area contributed by atoms with E-state index >= 15 is 0 Å². The van der Waals surface area contributed by atoms with Crippen molar-refractivity contribution in [3.8, 4) is 5.75 Å². The summed E-state index contributed by atoms with van der Waals surface area (Å²) in [5, 5.41) is 4.51. The summed E-state index contributed by atoms with van der Waals surface area (Å²) in [6, 6.07) is 18.2. The molecule has 0 bridgehead atoms. The average Bonchev–Trinajstić information content (AvgIpc) is 3.23. The van der Waals surface area contributed by atoms with Gasteiger partial charge in [-0.2, -0.15) is 5.10 Å². The monoisotopic (exact) mass is 390 g/mol. The van der Waals surface area contributed by atoms with Gasteiger partial charge in [0.1, 0.15) is 12.4 Å². The normalized spacial score (nSPS) is 17.4. The Morgan fingerprint density at radius 2 is 1.59 bits per heavy atom. The van der Waals surface area contributed by atoms with Crippen LogP contribution in [-0.4, -0.2) is 28.1 Å². The van der Waals surface area contributed by atoms with E-state index in [0.717, 1.165) is 22.3 Å². The fourth-order valence-corrected chi connectivity index (χ4v) is 3.25. The molecule has 29 heavy (non-hydrogen) atoms. The first-order valence-electron chi connectivity index (χ1n) is 9.97. The summed E-state index contributed by atoms with van der Waals surface area (Å²) in [4.78, 5) is 0. The first kappa shape index (κ1) is 19.7. The fraction of sp³-hybridized carbons (Fsp3) is 0.348. The van der Waals surface area contributed by atoms with Crippen LogP contribution in [0, 0.1) is 0 Å². The van der Waals surface area contributed by atoms with Gasteiger partial charge in [-0.15, -0.1) is 0 Å². The Balaban J connectivity index is 1.46. The maximum atomic E-state index is 6.12. The number of aromatic nitrogens is 2. The predicted octanol–water partition coefficient (Wildman–Crippen LogP) is 3.81. The molecule has 1 aliphatic rings. The molecule has 3 aromatic rings. The van der Waals surface area contributed by atoms with Gasteiger partial charge in [0, 0.05) is 23.4 Å². The smallest absolute Gasteiger partial charge is 0.489 e. The second kappa shape index (κ2) is 7.69. The topological polar surface area (TPSA) is 45.5 Å². The number of hydrogen-bond acceptors (Lipinski definition) is 4. The molecule has 6 heteroatoms. The van der Waals surface area contributed by atoms with Gasteiger partial charge < -0.3 is 14.0 Å². The summed E-state index contributed by atoms with van der Waals surface area (Å²) >= 11 is 0. The first-order valence-corrected chi connectivity index (χ1v) is 9.97. The zero-order valence-corrected chi connectivity index (χ0v) is 17.5. The van der Waals surface area contributed by atoms with Crippen LogP contribution in [0.5, 0.6) is 5.75 Å². The molecule has 0 aliphatic carbocycles. The Bertz CT molecular complexity index is 953. The molecule has 1 aromatic heterocycles. The molecule has 0 saturated carbocycles. The van der Waals surface area contributed by atoms with Gasteiger partial charge in [-0.3, -0.25) is 4.68 Å². The van der Waals surface area contributed by atoms with Gasteiger partial charge in [-0.25, -0.2) is 0 Å². The van der Waals surface area contributed by atoms with Crippen LogP contribution in [-0.2, 0) is 22.5 Å². The maximum absolute atomic E-state index is 6.12. The van der Waals surface area contributed by atoms with E-state index in [-0.39, 0.29) is 11.2 Å². The van der Waals surface area contributed by atoms with Crippen LogP contribution in [0.15, 0.2) is 67.0 Å². The lowest BCUT2D eigenvalue weighted by atomic mass is 9.82. The minimum atomic E-state index is -0.404. The number of hydrogen-bond donors (Lipinski definition) is 0. The second-order valence-electron chi connectivity index (χ2n) is 8.44. The van der Waals surface area contributed by atoms with E-state index in [2.05, 4.69) is 51.0 Å². The quantitative estimate of drug-likeness (QED) is 0.601. The van der Waals surface area contributed by atoms with Gasteiger partial charge in [0.15, 0.2) is 0 Å². The van der Waals surface area contributed by atoms with Crippen molar-refractivity contribution in [2.45, 2.75) is 52.0 Å². The van der Waals surface area contributed by atoms with Crippen molar-refractivity contribution in [2.75, 3.05) is 0 Å². The summed E-state index contributed by atoms with van der Waals surface area (Å²) in [6.07, 6.45) is 3.80. The molecule has 0 unspecified atom stereocenters. The summed E-state index contributed by atoms with van der Waals surface area (Å²) in [6.45, 7) is 9.37. The van der Waals surface area contributed by atoms with Crippen molar-refractivity contribution in [2.24, 2.45) is 0 Å². The molecule has 1 fully saturated rings. The van der Waals surface area contributed by atoms with E-state index in [1.165, 1.54) is 0 Å². The van der Waals surface area contributed by atoms with Gasteiger partial charge in [0.05, 0.1) is 17.7 Å².